The predicted octanol–water partition coefficient (Wildman–Crippen LogP) is 2.30. The number of carbonyl (C=O) groups is 2. The monoisotopic (exact) mass is 392 g/mol. The number of anilines is 1. The van der Waals surface area contributed by atoms with Crippen LogP contribution in [0.4, 0.5) is 5.69 Å². The van der Waals surface area contributed by atoms with Crippen LogP contribution < -0.4 is 10.6 Å². The molecule has 1 atom stereocenters. The Morgan fingerprint density at radius 2 is 2.05 bits per heavy atom. The smallest absolute Gasteiger partial charge is 0.330 e. The summed E-state index contributed by atoms with van der Waals surface area (Å²) in [6.07, 6.45) is 0. The Morgan fingerprint density at radius 3 is 2.58 bits per heavy atom. The van der Waals surface area contributed by atoms with Crippen LogP contribution in [0.5, 0.6) is 0 Å². The van der Waals surface area contributed by atoms with E-state index in [0.717, 1.165) is 14.6 Å². The van der Waals surface area contributed by atoms with Crippen LogP contribution in [0.25, 0.3) is 0 Å². The maximum absolute atomic E-state index is 11.5. The quantitative estimate of drug-likeness (QED) is 0.753. The molecule has 0 aliphatic carbocycles. The number of halogens is 2. The Kier molecular flexibility index (Phi) is 6.30. The van der Waals surface area contributed by atoms with Crippen LogP contribution in [0.1, 0.15) is 6.92 Å². The summed E-state index contributed by atoms with van der Waals surface area (Å²) >= 11 is 6.76. The van der Waals surface area contributed by atoms with Crippen LogP contribution in [0.15, 0.2) is 27.1 Å². The lowest BCUT2D eigenvalue weighted by atomic mass is 10.2. The second-order valence-corrected chi connectivity index (χ2v) is 5.55. The maximum atomic E-state index is 11.5. The average molecular weight is 394 g/mol. The molecule has 1 amide bonds. The van der Waals surface area contributed by atoms with Gasteiger partial charge >= 0.3 is 5.97 Å². The van der Waals surface area contributed by atoms with Gasteiger partial charge in [0.15, 0.2) is 0 Å². The van der Waals surface area contributed by atoms with Crippen molar-refractivity contribution in [2.45, 2.75) is 13.0 Å². The third-order valence-electron chi connectivity index (χ3n) is 2.29. The second kappa shape index (κ2) is 7.49. The standard InChI is InChI=1S/C12H14Br2N2O3/c1-7(17)16-11(12(18)19-2)6-15-10-4-3-8(13)5-9(10)14/h3-5,11,15H,6H2,1-2H3,(H,16,17). The lowest BCUT2D eigenvalue weighted by Crippen LogP contribution is -2.45. The number of hydrogen-bond acceptors (Lipinski definition) is 4. The van der Waals surface area contributed by atoms with Crippen molar-refractivity contribution in [1.29, 1.82) is 0 Å². The summed E-state index contributed by atoms with van der Waals surface area (Å²) in [5.41, 5.74) is 0.822. The van der Waals surface area contributed by atoms with E-state index in [9.17, 15) is 9.59 Å². The largest absolute Gasteiger partial charge is 0.467 e. The van der Waals surface area contributed by atoms with Gasteiger partial charge in [0.05, 0.1) is 7.11 Å². The Labute approximate surface area is 128 Å². The van der Waals surface area contributed by atoms with Crippen LogP contribution in [0.2, 0.25) is 0 Å². The lowest BCUT2D eigenvalue weighted by Gasteiger charge is -2.17. The van der Waals surface area contributed by atoms with Gasteiger partial charge in [0.25, 0.3) is 0 Å². The zero-order valence-electron chi connectivity index (χ0n) is 10.5. The molecule has 2 N–H and O–H groups in total. The number of esters is 1. The van der Waals surface area contributed by atoms with E-state index in [4.69, 9.17) is 0 Å². The van der Waals surface area contributed by atoms with Crippen molar-refractivity contribution in [2.75, 3.05) is 19.0 Å². The van der Waals surface area contributed by atoms with Crippen molar-refractivity contribution in [1.82, 2.24) is 5.32 Å². The molecule has 19 heavy (non-hydrogen) atoms. The van der Waals surface area contributed by atoms with Crippen LogP contribution >= 0.6 is 31.9 Å². The molecule has 5 nitrogen and oxygen atoms in total. The molecule has 0 aliphatic rings. The Bertz CT molecular complexity index is 480. The summed E-state index contributed by atoms with van der Waals surface area (Å²) in [5.74, 6) is -0.775. The minimum atomic E-state index is -0.724. The second-order valence-electron chi connectivity index (χ2n) is 3.78. The van der Waals surface area contributed by atoms with E-state index in [2.05, 4.69) is 47.2 Å². The van der Waals surface area contributed by atoms with Crippen LogP contribution in [0, 0.1) is 0 Å². The highest BCUT2D eigenvalue weighted by Gasteiger charge is 2.19. The molecular formula is C12H14Br2N2O3. The summed E-state index contributed by atoms with van der Waals surface area (Å²) in [6, 6.07) is 4.89. The molecule has 0 aliphatic heterocycles. The Morgan fingerprint density at radius 1 is 1.37 bits per heavy atom. The first-order valence-electron chi connectivity index (χ1n) is 5.48. The van der Waals surface area contributed by atoms with Gasteiger partial charge in [-0.2, -0.15) is 0 Å². The van der Waals surface area contributed by atoms with E-state index in [1.54, 1.807) is 0 Å². The zero-order chi connectivity index (χ0) is 14.4. The Balaban J connectivity index is 2.70. The highest BCUT2D eigenvalue weighted by atomic mass is 79.9. The molecule has 0 spiro atoms. The van der Waals surface area contributed by atoms with Crippen molar-refractivity contribution in [2.24, 2.45) is 0 Å². The van der Waals surface area contributed by atoms with Crippen molar-refractivity contribution in [3.8, 4) is 0 Å². The fourth-order valence-corrected chi connectivity index (χ4v) is 2.61. The topological polar surface area (TPSA) is 67.4 Å². The molecule has 0 heterocycles. The van der Waals surface area contributed by atoms with Crippen LogP contribution in [-0.2, 0) is 14.3 Å². The molecule has 0 radical (unpaired) electrons. The number of ether oxygens (including phenoxy) is 1. The van der Waals surface area contributed by atoms with E-state index in [-0.39, 0.29) is 12.5 Å². The molecule has 0 saturated carbocycles. The van der Waals surface area contributed by atoms with Gasteiger partial charge < -0.3 is 15.4 Å². The van der Waals surface area contributed by atoms with E-state index in [1.165, 1.54) is 14.0 Å². The van der Waals surface area contributed by atoms with Crippen molar-refractivity contribution in [3.63, 3.8) is 0 Å². The molecule has 1 aromatic carbocycles. The van der Waals surface area contributed by atoms with Gasteiger partial charge in [0.1, 0.15) is 6.04 Å². The number of rotatable bonds is 5. The number of carbonyl (C=O) groups excluding carboxylic acids is 2. The van der Waals surface area contributed by atoms with E-state index >= 15 is 0 Å². The SMILES string of the molecule is COC(=O)C(CNc1ccc(Br)cc1Br)NC(C)=O. The first kappa shape index (κ1) is 16.0. The molecule has 0 saturated heterocycles. The van der Waals surface area contributed by atoms with Crippen molar-refractivity contribution >= 4 is 49.4 Å². The van der Waals surface area contributed by atoms with Gasteiger partial charge in [-0.1, -0.05) is 15.9 Å². The fourth-order valence-electron chi connectivity index (χ4n) is 1.43. The molecule has 7 heteroatoms. The molecule has 1 aromatic rings. The normalized spacial score (nSPS) is 11.6. The first-order chi connectivity index (χ1) is 8.93. The van der Waals surface area contributed by atoms with E-state index in [1.807, 2.05) is 18.2 Å². The fraction of sp³-hybridized carbons (Fsp3) is 0.333. The van der Waals surface area contributed by atoms with Crippen LogP contribution in [-0.4, -0.2) is 31.6 Å². The number of methoxy groups -OCH3 is 1. The Hall–Kier alpha value is -1.08. The van der Waals surface area contributed by atoms with Gasteiger partial charge in [0, 0.05) is 28.1 Å². The summed E-state index contributed by atoms with van der Waals surface area (Å²) in [6.45, 7) is 1.60. The summed E-state index contributed by atoms with van der Waals surface area (Å²) in [4.78, 5) is 22.5. The highest BCUT2D eigenvalue weighted by molar-refractivity contribution is 9.11. The summed E-state index contributed by atoms with van der Waals surface area (Å²) in [5, 5.41) is 5.61. The van der Waals surface area contributed by atoms with E-state index in [0.29, 0.717) is 0 Å². The number of hydrogen-bond donors (Lipinski definition) is 2. The van der Waals surface area contributed by atoms with Gasteiger partial charge in [-0.05, 0) is 34.1 Å². The van der Waals surface area contributed by atoms with Crippen molar-refractivity contribution < 1.29 is 14.3 Å². The molecule has 0 fully saturated rings. The summed E-state index contributed by atoms with van der Waals surface area (Å²) < 4.78 is 6.43. The number of nitrogens with one attached hydrogen (secondary N) is 2. The third-order valence-corrected chi connectivity index (χ3v) is 3.44. The molecule has 0 aromatic heterocycles. The van der Waals surface area contributed by atoms with Gasteiger partial charge in [-0.25, -0.2) is 4.79 Å². The minimum Gasteiger partial charge on any atom is -0.467 e. The lowest BCUT2D eigenvalue weighted by molar-refractivity contribution is -0.144. The van der Waals surface area contributed by atoms with E-state index < -0.39 is 12.0 Å². The molecular weight excluding hydrogens is 380 g/mol. The zero-order valence-corrected chi connectivity index (χ0v) is 13.7. The van der Waals surface area contributed by atoms with Crippen molar-refractivity contribution in [3.05, 3.63) is 27.1 Å². The van der Waals surface area contributed by atoms with Gasteiger partial charge in [0.2, 0.25) is 5.91 Å². The molecule has 1 rings (SSSR count). The molecule has 104 valence electrons. The van der Waals surface area contributed by atoms with Crippen LogP contribution in [0.3, 0.4) is 0 Å². The average Bonchev–Trinajstić information content (AvgIpc) is 2.34. The highest BCUT2D eigenvalue weighted by Crippen LogP contribution is 2.25. The third kappa shape index (κ3) is 5.20. The van der Waals surface area contributed by atoms with Gasteiger partial charge in [-0.3, -0.25) is 4.79 Å². The maximum Gasteiger partial charge on any atom is 0.330 e. The predicted molar refractivity (Wildman–Crippen MR) is 80.0 cm³/mol. The number of benzene rings is 1. The first-order valence-corrected chi connectivity index (χ1v) is 7.06. The van der Waals surface area contributed by atoms with Gasteiger partial charge in [-0.15, -0.1) is 0 Å². The minimum absolute atomic E-state index is 0.243. The summed E-state index contributed by atoms with van der Waals surface area (Å²) in [7, 11) is 1.28. The molecule has 0 bridgehead atoms. The molecule has 1 unspecified atom stereocenters. The number of amides is 1.